The van der Waals surface area contributed by atoms with Crippen LogP contribution in [-0.4, -0.2) is 22.9 Å². The summed E-state index contributed by atoms with van der Waals surface area (Å²) >= 11 is 0. The molecule has 0 radical (unpaired) electrons. The highest BCUT2D eigenvalue weighted by molar-refractivity contribution is 5.01. The molecule has 5 atom stereocenters. The summed E-state index contributed by atoms with van der Waals surface area (Å²) in [6.45, 7) is 4.78. The van der Waals surface area contributed by atoms with Crippen LogP contribution in [0.4, 0.5) is 0 Å². The van der Waals surface area contributed by atoms with Gasteiger partial charge < -0.3 is 10.2 Å². The first-order valence-electron chi connectivity index (χ1n) is 6.38. The zero-order chi connectivity index (χ0) is 11.1. The van der Waals surface area contributed by atoms with Crippen molar-refractivity contribution in [3.05, 3.63) is 0 Å². The summed E-state index contributed by atoms with van der Waals surface area (Å²) in [5, 5.41) is 19.4. The Balaban J connectivity index is 2.17. The Morgan fingerprint density at radius 1 is 1.33 bits per heavy atom. The van der Waals surface area contributed by atoms with Crippen LogP contribution in [0, 0.1) is 23.2 Å². The molecule has 0 aromatic rings. The van der Waals surface area contributed by atoms with Gasteiger partial charge in [0.05, 0.1) is 6.10 Å². The molecular weight excluding hydrogens is 188 g/mol. The Bertz CT molecular complexity index is 229. The zero-order valence-corrected chi connectivity index (χ0v) is 9.95. The predicted octanol–water partition coefficient (Wildman–Crippen LogP) is 2.19. The van der Waals surface area contributed by atoms with Crippen LogP contribution in [0.1, 0.15) is 46.0 Å². The molecule has 2 N–H and O–H groups in total. The first-order chi connectivity index (χ1) is 7.09. The maximum Gasteiger partial charge on any atom is 0.0573 e. The molecule has 2 aliphatic rings. The Morgan fingerprint density at radius 2 is 2.07 bits per heavy atom. The second-order valence-corrected chi connectivity index (χ2v) is 5.92. The van der Waals surface area contributed by atoms with Crippen molar-refractivity contribution in [2.75, 3.05) is 6.61 Å². The van der Waals surface area contributed by atoms with E-state index in [0.717, 1.165) is 19.3 Å². The van der Waals surface area contributed by atoms with E-state index < -0.39 is 0 Å². The van der Waals surface area contributed by atoms with Crippen molar-refractivity contribution in [2.45, 2.75) is 52.1 Å². The van der Waals surface area contributed by atoms with E-state index in [1.54, 1.807) is 0 Å². The van der Waals surface area contributed by atoms with E-state index in [9.17, 15) is 10.2 Å². The summed E-state index contributed by atoms with van der Waals surface area (Å²) in [6, 6.07) is 0. The fourth-order valence-corrected chi connectivity index (χ4v) is 4.25. The molecule has 88 valence electrons. The maximum atomic E-state index is 10.1. The van der Waals surface area contributed by atoms with E-state index in [0.29, 0.717) is 29.8 Å². The van der Waals surface area contributed by atoms with Crippen LogP contribution in [0.3, 0.4) is 0 Å². The molecule has 0 aromatic heterocycles. The van der Waals surface area contributed by atoms with Gasteiger partial charge >= 0.3 is 0 Å². The van der Waals surface area contributed by atoms with Crippen LogP contribution in [-0.2, 0) is 0 Å². The molecule has 3 unspecified atom stereocenters. The first kappa shape index (κ1) is 11.4. The second-order valence-electron chi connectivity index (χ2n) is 5.92. The van der Waals surface area contributed by atoms with Gasteiger partial charge in [-0.05, 0) is 48.9 Å². The van der Waals surface area contributed by atoms with E-state index in [1.807, 2.05) is 0 Å². The lowest BCUT2D eigenvalue weighted by Crippen LogP contribution is -2.41. The first-order valence-corrected chi connectivity index (χ1v) is 6.38. The van der Waals surface area contributed by atoms with Gasteiger partial charge in [0.25, 0.3) is 0 Å². The molecule has 0 spiro atoms. The third kappa shape index (κ3) is 1.72. The largest absolute Gasteiger partial charge is 0.396 e. The van der Waals surface area contributed by atoms with Crippen LogP contribution in [0.5, 0.6) is 0 Å². The highest BCUT2D eigenvalue weighted by Gasteiger charge is 2.51. The molecule has 0 saturated heterocycles. The molecule has 2 rings (SSSR count). The Hall–Kier alpha value is -0.0800. The van der Waals surface area contributed by atoms with Crippen molar-refractivity contribution in [1.82, 2.24) is 0 Å². The summed E-state index contributed by atoms with van der Waals surface area (Å²) < 4.78 is 0. The number of rotatable bonds is 2. The summed E-state index contributed by atoms with van der Waals surface area (Å²) in [6.07, 6.45) is 5.65. The minimum Gasteiger partial charge on any atom is -0.396 e. The fraction of sp³-hybridized carbons (Fsp3) is 1.00. The molecule has 0 bridgehead atoms. The van der Waals surface area contributed by atoms with Gasteiger partial charge in [-0.1, -0.05) is 20.3 Å². The van der Waals surface area contributed by atoms with E-state index in [-0.39, 0.29) is 6.10 Å². The summed E-state index contributed by atoms with van der Waals surface area (Å²) in [5.74, 6) is 1.50. The molecule has 0 aliphatic heterocycles. The SMILES string of the molecule is CC(CO)C1CC[C@H]2C(O)CCC[C@]12C. The summed E-state index contributed by atoms with van der Waals surface area (Å²) in [5.41, 5.74) is 0.291. The van der Waals surface area contributed by atoms with Crippen LogP contribution in [0.25, 0.3) is 0 Å². The standard InChI is InChI=1S/C13H24O2/c1-9(8-14)10-5-6-11-12(15)4-3-7-13(10,11)2/h9-12,14-15H,3-8H2,1-2H3/t9?,10?,11-,12?,13+/m0/s1. The van der Waals surface area contributed by atoms with Crippen molar-refractivity contribution >= 4 is 0 Å². The lowest BCUT2D eigenvalue weighted by Gasteiger charge is -2.45. The molecule has 0 heterocycles. The topological polar surface area (TPSA) is 40.5 Å². The number of hydrogen-bond donors (Lipinski definition) is 2. The minimum atomic E-state index is -0.0837. The van der Waals surface area contributed by atoms with Crippen molar-refractivity contribution < 1.29 is 10.2 Å². The van der Waals surface area contributed by atoms with Crippen molar-refractivity contribution in [3.8, 4) is 0 Å². The van der Waals surface area contributed by atoms with E-state index in [2.05, 4.69) is 13.8 Å². The summed E-state index contributed by atoms with van der Waals surface area (Å²) in [4.78, 5) is 0. The lowest BCUT2D eigenvalue weighted by atomic mass is 9.62. The van der Waals surface area contributed by atoms with Crippen LogP contribution < -0.4 is 0 Å². The Morgan fingerprint density at radius 3 is 2.73 bits per heavy atom. The van der Waals surface area contributed by atoms with Crippen LogP contribution in [0.2, 0.25) is 0 Å². The summed E-state index contributed by atoms with van der Waals surface area (Å²) in [7, 11) is 0. The maximum absolute atomic E-state index is 10.1. The molecule has 2 aliphatic carbocycles. The van der Waals surface area contributed by atoms with Gasteiger partial charge in [-0.3, -0.25) is 0 Å². The van der Waals surface area contributed by atoms with Crippen molar-refractivity contribution in [3.63, 3.8) is 0 Å². The monoisotopic (exact) mass is 212 g/mol. The van der Waals surface area contributed by atoms with Gasteiger partial charge in [0.1, 0.15) is 0 Å². The van der Waals surface area contributed by atoms with E-state index in [1.165, 1.54) is 12.8 Å². The highest BCUT2D eigenvalue weighted by Crippen LogP contribution is 2.57. The van der Waals surface area contributed by atoms with Gasteiger partial charge in [0, 0.05) is 6.61 Å². The molecule has 2 saturated carbocycles. The molecule has 15 heavy (non-hydrogen) atoms. The van der Waals surface area contributed by atoms with Crippen molar-refractivity contribution in [1.29, 1.82) is 0 Å². The van der Waals surface area contributed by atoms with Gasteiger partial charge in [-0.15, -0.1) is 0 Å². The number of aliphatic hydroxyl groups excluding tert-OH is 2. The third-order valence-corrected chi connectivity index (χ3v) is 5.14. The number of hydrogen-bond acceptors (Lipinski definition) is 2. The number of aliphatic hydroxyl groups is 2. The van der Waals surface area contributed by atoms with Gasteiger partial charge in [-0.25, -0.2) is 0 Å². The molecule has 2 heteroatoms. The van der Waals surface area contributed by atoms with Crippen molar-refractivity contribution in [2.24, 2.45) is 23.2 Å². The molecule has 0 aromatic carbocycles. The third-order valence-electron chi connectivity index (χ3n) is 5.14. The molecule has 2 nitrogen and oxygen atoms in total. The smallest absolute Gasteiger partial charge is 0.0573 e. The molecule has 2 fully saturated rings. The molecular formula is C13H24O2. The van der Waals surface area contributed by atoms with E-state index >= 15 is 0 Å². The number of fused-ring (bicyclic) bond motifs is 1. The quantitative estimate of drug-likeness (QED) is 0.736. The highest BCUT2D eigenvalue weighted by atomic mass is 16.3. The van der Waals surface area contributed by atoms with E-state index in [4.69, 9.17) is 0 Å². The Labute approximate surface area is 92.7 Å². The average molecular weight is 212 g/mol. The predicted molar refractivity (Wildman–Crippen MR) is 60.4 cm³/mol. The van der Waals surface area contributed by atoms with Crippen LogP contribution in [0.15, 0.2) is 0 Å². The minimum absolute atomic E-state index is 0.0837. The lowest BCUT2D eigenvalue weighted by molar-refractivity contribution is -0.0321. The Kier molecular flexibility index (Phi) is 3.09. The fourth-order valence-electron chi connectivity index (χ4n) is 4.25. The molecule has 0 amide bonds. The normalized spacial score (nSPS) is 47.6. The average Bonchev–Trinajstić information content (AvgIpc) is 2.56. The second kappa shape index (κ2) is 4.06. The van der Waals surface area contributed by atoms with Crippen LogP contribution >= 0.6 is 0 Å². The van der Waals surface area contributed by atoms with Gasteiger partial charge in [0.15, 0.2) is 0 Å². The zero-order valence-electron chi connectivity index (χ0n) is 9.95. The van der Waals surface area contributed by atoms with Gasteiger partial charge in [0.2, 0.25) is 0 Å². The van der Waals surface area contributed by atoms with Gasteiger partial charge in [-0.2, -0.15) is 0 Å².